The Bertz CT molecular complexity index is 380. The molecule has 0 aromatic heterocycles. The van der Waals surface area contributed by atoms with Gasteiger partial charge in [-0.3, -0.25) is 4.55 Å². The zero-order valence-electron chi connectivity index (χ0n) is 7.14. The van der Waals surface area contributed by atoms with Crippen molar-refractivity contribution < 1.29 is 13.0 Å². The van der Waals surface area contributed by atoms with Crippen LogP contribution in [0, 0.1) is 0 Å². The standard InChI is InChI=1S/C8H11NO3S/c1-6(9)7-2-4-8(5-3-7)13(10,11)12/h2-6H,9H2,1H3,(H,10,11,12). The van der Waals surface area contributed by atoms with Crippen molar-refractivity contribution >= 4 is 10.1 Å². The average molecular weight is 201 g/mol. The summed E-state index contributed by atoms with van der Waals surface area (Å²) in [5, 5.41) is 0. The molecule has 0 saturated heterocycles. The van der Waals surface area contributed by atoms with Gasteiger partial charge in [-0.15, -0.1) is 0 Å². The Kier molecular flexibility index (Phi) is 2.70. The lowest BCUT2D eigenvalue weighted by molar-refractivity contribution is 0.483. The Morgan fingerprint density at radius 3 is 2.08 bits per heavy atom. The summed E-state index contributed by atoms with van der Waals surface area (Å²) >= 11 is 0. The lowest BCUT2D eigenvalue weighted by Gasteiger charge is -2.04. The summed E-state index contributed by atoms with van der Waals surface area (Å²) in [5.41, 5.74) is 6.39. The van der Waals surface area contributed by atoms with E-state index in [1.807, 2.05) is 0 Å². The molecule has 3 N–H and O–H groups in total. The quantitative estimate of drug-likeness (QED) is 0.698. The van der Waals surface area contributed by atoms with E-state index >= 15 is 0 Å². The summed E-state index contributed by atoms with van der Waals surface area (Å²) < 4.78 is 29.9. The fraction of sp³-hybridized carbons (Fsp3) is 0.250. The van der Waals surface area contributed by atoms with Gasteiger partial charge in [-0.1, -0.05) is 12.1 Å². The molecule has 0 saturated carbocycles. The fourth-order valence-corrected chi connectivity index (χ4v) is 1.42. The molecule has 1 aromatic rings. The highest BCUT2D eigenvalue weighted by Gasteiger charge is 2.08. The number of nitrogens with two attached hydrogens (primary N) is 1. The molecule has 0 fully saturated rings. The molecule has 5 heteroatoms. The first kappa shape index (κ1) is 10.2. The van der Waals surface area contributed by atoms with E-state index < -0.39 is 10.1 Å². The minimum absolute atomic E-state index is 0.114. The summed E-state index contributed by atoms with van der Waals surface area (Å²) in [6.45, 7) is 1.79. The van der Waals surface area contributed by atoms with Crippen LogP contribution >= 0.6 is 0 Å². The van der Waals surface area contributed by atoms with Crippen LogP contribution < -0.4 is 5.73 Å². The Hall–Kier alpha value is -0.910. The maximum Gasteiger partial charge on any atom is 0.294 e. The predicted octanol–water partition coefficient (Wildman–Crippen LogP) is 0.953. The van der Waals surface area contributed by atoms with Crippen LogP contribution in [0.2, 0.25) is 0 Å². The first-order valence-electron chi connectivity index (χ1n) is 3.74. The smallest absolute Gasteiger partial charge is 0.294 e. The molecule has 0 heterocycles. The van der Waals surface area contributed by atoms with Gasteiger partial charge in [-0.2, -0.15) is 8.42 Å². The molecule has 0 radical (unpaired) electrons. The summed E-state index contributed by atoms with van der Waals surface area (Å²) in [7, 11) is -4.09. The van der Waals surface area contributed by atoms with Gasteiger partial charge in [0.15, 0.2) is 0 Å². The van der Waals surface area contributed by atoms with E-state index in [1.54, 1.807) is 19.1 Å². The largest absolute Gasteiger partial charge is 0.324 e. The molecule has 0 aliphatic carbocycles. The molecular formula is C8H11NO3S. The molecule has 0 bridgehead atoms. The molecule has 72 valence electrons. The molecule has 0 amide bonds. The summed E-state index contributed by atoms with van der Waals surface area (Å²) in [6, 6.07) is 5.67. The Balaban J connectivity index is 3.08. The molecule has 1 aromatic carbocycles. The molecule has 1 atom stereocenters. The molecule has 4 nitrogen and oxygen atoms in total. The van der Waals surface area contributed by atoms with Crippen molar-refractivity contribution in [2.45, 2.75) is 17.9 Å². The lowest BCUT2D eigenvalue weighted by atomic mass is 10.1. The SMILES string of the molecule is CC(N)c1ccc(S(=O)(=O)O)cc1. The van der Waals surface area contributed by atoms with Crippen LogP contribution in [0.25, 0.3) is 0 Å². The van der Waals surface area contributed by atoms with E-state index in [9.17, 15) is 8.42 Å². The minimum Gasteiger partial charge on any atom is -0.324 e. The van der Waals surface area contributed by atoms with Crippen molar-refractivity contribution in [2.75, 3.05) is 0 Å². The average Bonchev–Trinajstić information content (AvgIpc) is 2.03. The van der Waals surface area contributed by atoms with Crippen molar-refractivity contribution in [3.63, 3.8) is 0 Å². The van der Waals surface area contributed by atoms with Gasteiger partial charge in [0.05, 0.1) is 4.90 Å². The molecule has 0 aliphatic heterocycles. The number of benzene rings is 1. The van der Waals surface area contributed by atoms with Gasteiger partial charge in [-0.05, 0) is 24.6 Å². The van der Waals surface area contributed by atoms with Gasteiger partial charge < -0.3 is 5.73 Å². The summed E-state index contributed by atoms with van der Waals surface area (Å²) in [6.07, 6.45) is 0. The van der Waals surface area contributed by atoms with Crippen LogP contribution in [0.5, 0.6) is 0 Å². The second-order valence-corrected chi connectivity index (χ2v) is 4.25. The van der Waals surface area contributed by atoms with Crippen LogP contribution in [0.4, 0.5) is 0 Å². The second kappa shape index (κ2) is 3.45. The van der Waals surface area contributed by atoms with E-state index in [0.29, 0.717) is 0 Å². The van der Waals surface area contributed by atoms with Gasteiger partial charge in [0.25, 0.3) is 10.1 Å². The molecule has 0 aliphatic rings. The van der Waals surface area contributed by atoms with Crippen LogP contribution in [-0.4, -0.2) is 13.0 Å². The highest BCUT2D eigenvalue weighted by atomic mass is 32.2. The van der Waals surface area contributed by atoms with E-state index in [4.69, 9.17) is 10.3 Å². The zero-order chi connectivity index (χ0) is 10.1. The van der Waals surface area contributed by atoms with Gasteiger partial charge in [0.2, 0.25) is 0 Å². The maximum absolute atomic E-state index is 10.6. The Morgan fingerprint density at radius 1 is 1.31 bits per heavy atom. The second-order valence-electron chi connectivity index (χ2n) is 2.83. The van der Waals surface area contributed by atoms with Crippen LogP contribution in [0.15, 0.2) is 29.2 Å². The summed E-state index contributed by atoms with van der Waals surface area (Å²) in [5.74, 6) is 0. The van der Waals surface area contributed by atoms with E-state index in [1.165, 1.54) is 12.1 Å². The Labute approximate surface area is 77.1 Å². The molecular weight excluding hydrogens is 190 g/mol. The predicted molar refractivity (Wildman–Crippen MR) is 48.9 cm³/mol. The highest BCUT2D eigenvalue weighted by molar-refractivity contribution is 7.85. The molecule has 13 heavy (non-hydrogen) atoms. The van der Waals surface area contributed by atoms with E-state index in [0.717, 1.165) is 5.56 Å². The van der Waals surface area contributed by atoms with Crippen molar-refractivity contribution in [3.05, 3.63) is 29.8 Å². The Morgan fingerprint density at radius 2 is 1.77 bits per heavy atom. The normalized spacial score (nSPS) is 14.1. The highest BCUT2D eigenvalue weighted by Crippen LogP contribution is 2.13. The van der Waals surface area contributed by atoms with Crippen LogP contribution in [0.1, 0.15) is 18.5 Å². The van der Waals surface area contributed by atoms with Gasteiger partial charge in [-0.25, -0.2) is 0 Å². The number of rotatable bonds is 2. The van der Waals surface area contributed by atoms with Crippen LogP contribution in [0.3, 0.4) is 0 Å². The molecule has 0 spiro atoms. The molecule has 1 rings (SSSR count). The number of hydrogen-bond acceptors (Lipinski definition) is 3. The minimum atomic E-state index is -4.09. The third kappa shape index (κ3) is 2.51. The first-order valence-corrected chi connectivity index (χ1v) is 5.18. The van der Waals surface area contributed by atoms with E-state index in [-0.39, 0.29) is 10.9 Å². The van der Waals surface area contributed by atoms with Crippen molar-refractivity contribution in [1.29, 1.82) is 0 Å². The third-order valence-corrected chi connectivity index (χ3v) is 2.57. The van der Waals surface area contributed by atoms with Gasteiger partial charge in [0.1, 0.15) is 0 Å². The lowest BCUT2D eigenvalue weighted by Crippen LogP contribution is -2.05. The van der Waals surface area contributed by atoms with Gasteiger partial charge in [0, 0.05) is 6.04 Å². The number of hydrogen-bond donors (Lipinski definition) is 2. The molecule has 1 unspecified atom stereocenters. The monoisotopic (exact) mass is 201 g/mol. The third-order valence-electron chi connectivity index (χ3n) is 1.70. The topological polar surface area (TPSA) is 80.4 Å². The summed E-state index contributed by atoms with van der Waals surface area (Å²) in [4.78, 5) is -0.114. The zero-order valence-corrected chi connectivity index (χ0v) is 7.95. The van der Waals surface area contributed by atoms with Crippen molar-refractivity contribution in [2.24, 2.45) is 5.73 Å². The van der Waals surface area contributed by atoms with E-state index in [2.05, 4.69) is 0 Å². The van der Waals surface area contributed by atoms with Gasteiger partial charge >= 0.3 is 0 Å². The first-order chi connectivity index (χ1) is 5.91. The van der Waals surface area contributed by atoms with Crippen molar-refractivity contribution in [3.8, 4) is 0 Å². The van der Waals surface area contributed by atoms with Crippen molar-refractivity contribution in [1.82, 2.24) is 0 Å². The maximum atomic E-state index is 10.6. The fourth-order valence-electron chi connectivity index (χ4n) is 0.943. The van der Waals surface area contributed by atoms with Crippen LogP contribution in [-0.2, 0) is 10.1 Å².